The minimum Gasteiger partial charge on any atom is -0.303 e. The first-order valence-corrected chi connectivity index (χ1v) is 4.96. The quantitative estimate of drug-likeness (QED) is 0.592. The fourth-order valence-corrected chi connectivity index (χ4v) is 2.19. The van der Waals surface area contributed by atoms with E-state index in [1.54, 1.807) is 0 Å². The molecule has 11 heavy (non-hydrogen) atoms. The Labute approximate surface area is 70.8 Å². The van der Waals surface area contributed by atoms with E-state index < -0.39 is 0 Å². The summed E-state index contributed by atoms with van der Waals surface area (Å²) in [6.07, 6.45) is 5.76. The van der Waals surface area contributed by atoms with Gasteiger partial charge in [0.25, 0.3) is 0 Å². The van der Waals surface area contributed by atoms with Crippen LogP contribution in [0.5, 0.6) is 0 Å². The Kier molecular flexibility index (Phi) is 3.38. The van der Waals surface area contributed by atoms with Crippen molar-refractivity contribution in [3.05, 3.63) is 0 Å². The van der Waals surface area contributed by atoms with Crippen molar-refractivity contribution in [1.82, 2.24) is 4.90 Å². The Morgan fingerprint density at radius 2 is 1.91 bits per heavy atom. The van der Waals surface area contributed by atoms with Gasteiger partial charge in [-0.15, -0.1) is 0 Å². The van der Waals surface area contributed by atoms with Gasteiger partial charge in [0.2, 0.25) is 0 Å². The minimum atomic E-state index is 0.869. The molecule has 0 N–H and O–H groups in total. The maximum Gasteiger partial charge on any atom is 0.0118 e. The highest BCUT2D eigenvalue weighted by Gasteiger charge is 2.23. The molecule has 0 saturated heterocycles. The molecule has 1 aliphatic carbocycles. The lowest BCUT2D eigenvalue weighted by Crippen LogP contribution is -2.38. The lowest BCUT2D eigenvalue weighted by molar-refractivity contribution is 0.146. The fraction of sp³-hybridized carbons (Fsp3) is 1.00. The molecule has 0 radical (unpaired) electrons. The number of hydrogen-bond donors (Lipinski definition) is 0. The van der Waals surface area contributed by atoms with E-state index in [9.17, 15) is 0 Å². The second-order valence-electron chi connectivity index (χ2n) is 3.90. The molecule has 0 heterocycles. The Bertz CT molecular complexity index is 107. The van der Waals surface area contributed by atoms with E-state index >= 15 is 0 Å². The van der Waals surface area contributed by atoms with E-state index in [1.807, 2.05) is 0 Å². The molecule has 2 atom stereocenters. The maximum atomic E-state index is 2.50. The third-order valence-electron chi connectivity index (χ3n) is 3.13. The smallest absolute Gasteiger partial charge is 0.0118 e. The van der Waals surface area contributed by atoms with Crippen LogP contribution in [0, 0.1) is 5.92 Å². The Hall–Kier alpha value is -0.0400. The van der Waals surface area contributed by atoms with E-state index in [-0.39, 0.29) is 0 Å². The third-order valence-corrected chi connectivity index (χ3v) is 3.13. The molecule has 66 valence electrons. The second-order valence-corrected chi connectivity index (χ2v) is 3.90. The zero-order valence-corrected chi connectivity index (χ0v) is 8.14. The zero-order chi connectivity index (χ0) is 8.27. The van der Waals surface area contributed by atoms with Crippen LogP contribution in [0.2, 0.25) is 0 Å². The van der Waals surface area contributed by atoms with Gasteiger partial charge in [-0.05, 0) is 32.4 Å². The molecule has 0 aliphatic heterocycles. The van der Waals surface area contributed by atoms with E-state index in [0.717, 1.165) is 12.0 Å². The summed E-state index contributed by atoms with van der Waals surface area (Å²) in [5.74, 6) is 0.925. The van der Waals surface area contributed by atoms with Gasteiger partial charge in [0, 0.05) is 6.04 Å². The molecular formula is C10H21N. The van der Waals surface area contributed by atoms with Gasteiger partial charge in [-0.2, -0.15) is 0 Å². The summed E-state index contributed by atoms with van der Waals surface area (Å²) in [7, 11) is 2.26. The Morgan fingerprint density at radius 3 is 2.45 bits per heavy atom. The molecule has 1 saturated carbocycles. The fourth-order valence-electron chi connectivity index (χ4n) is 2.19. The number of hydrogen-bond acceptors (Lipinski definition) is 1. The maximum absolute atomic E-state index is 2.50. The summed E-state index contributed by atoms with van der Waals surface area (Å²) >= 11 is 0. The zero-order valence-electron chi connectivity index (χ0n) is 8.14. The van der Waals surface area contributed by atoms with Crippen molar-refractivity contribution in [1.29, 1.82) is 0 Å². The monoisotopic (exact) mass is 155 g/mol. The average molecular weight is 155 g/mol. The molecule has 1 rings (SSSR count). The standard InChI is InChI=1S/C10H21N/c1-4-11(3)10-8-6-5-7-9(10)2/h9-10H,4-8H2,1-3H3/t9-,10-/m1/s1. The summed E-state index contributed by atoms with van der Waals surface area (Å²) in [6, 6.07) is 0.869. The van der Waals surface area contributed by atoms with Crippen LogP contribution in [0.4, 0.5) is 0 Å². The van der Waals surface area contributed by atoms with Crippen molar-refractivity contribution in [2.24, 2.45) is 5.92 Å². The second kappa shape index (κ2) is 4.10. The number of rotatable bonds is 2. The van der Waals surface area contributed by atoms with Gasteiger partial charge in [-0.1, -0.05) is 26.7 Å². The van der Waals surface area contributed by atoms with Crippen LogP contribution >= 0.6 is 0 Å². The summed E-state index contributed by atoms with van der Waals surface area (Å²) < 4.78 is 0. The van der Waals surface area contributed by atoms with Gasteiger partial charge in [0.05, 0.1) is 0 Å². The highest BCUT2D eigenvalue weighted by atomic mass is 15.1. The molecular weight excluding hydrogens is 134 g/mol. The van der Waals surface area contributed by atoms with Crippen LogP contribution in [0.1, 0.15) is 39.5 Å². The van der Waals surface area contributed by atoms with Crippen molar-refractivity contribution in [2.45, 2.75) is 45.6 Å². The lowest BCUT2D eigenvalue weighted by Gasteiger charge is -2.35. The van der Waals surface area contributed by atoms with E-state index in [1.165, 1.54) is 32.2 Å². The van der Waals surface area contributed by atoms with Gasteiger partial charge in [-0.25, -0.2) is 0 Å². The molecule has 0 bridgehead atoms. The van der Waals surface area contributed by atoms with E-state index in [0.29, 0.717) is 0 Å². The van der Waals surface area contributed by atoms with Gasteiger partial charge in [0.15, 0.2) is 0 Å². The van der Waals surface area contributed by atoms with Crippen molar-refractivity contribution in [3.8, 4) is 0 Å². The average Bonchev–Trinajstić information content (AvgIpc) is 2.04. The van der Waals surface area contributed by atoms with Crippen LogP contribution in [0.3, 0.4) is 0 Å². The lowest BCUT2D eigenvalue weighted by atomic mass is 9.85. The summed E-state index contributed by atoms with van der Waals surface area (Å²) in [4.78, 5) is 2.50. The van der Waals surface area contributed by atoms with Crippen LogP contribution < -0.4 is 0 Å². The Morgan fingerprint density at radius 1 is 1.27 bits per heavy atom. The molecule has 0 aromatic rings. The molecule has 1 heteroatoms. The first-order chi connectivity index (χ1) is 5.25. The first-order valence-electron chi connectivity index (χ1n) is 4.96. The molecule has 1 fully saturated rings. The van der Waals surface area contributed by atoms with Gasteiger partial charge >= 0.3 is 0 Å². The number of nitrogens with zero attached hydrogens (tertiary/aromatic N) is 1. The van der Waals surface area contributed by atoms with Gasteiger partial charge in [0.1, 0.15) is 0 Å². The summed E-state index contributed by atoms with van der Waals surface area (Å²) in [6.45, 7) is 5.85. The summed E-state index contributed by atoms with van der Waals surface area (Å²) in [5, 5.41) is 0. The SMILES string of the molecule is CCN(C)[C@@H]1CCCC[C@H]1C. The predicted molar refractivity (Wildman–Crippen MR) is 49.7 cm³/mol. The normalized spacial score (nSPS) is 32.7. The van der Waals surface area contributed by atoms with Crippen molar-refractivity contribution in [3.63, 3.8) is 0 Å². The third kappa shape index (κ3) is 2.19. The molecule has 1 nitrogen and oxygen atoms in total. The predicted octanol–water partition coefficient (Wildman–Crippen LogP) is 2.52. The first kappa shape index (κ1) is 9.05. The molecule has 1 aliphatic rings. The van der Waals surface area contributed by atoms with Gasteiger partial charge in [-0.3, -0.25) is 0 Å². The van der Waals surface area contributed by atoms with Crippen molar-refractivity contribution in [2.75, 3.05) is 13.6 Å². The van der Waals surface area contributed by atoms with Crippen LogP contribution in [0.25, 0.3) is 0 Å². The Balaban J connectivity index is 2.40. The van der Waals surface area contributed by atoms with E-state index in [2.05, 4.69) is 25.8 Å². The molecule has 0 unspecified atom stereocenters. The molecule has 0 spiro atoms. The summed E-state index contributed by atoms with van der Waals surface area (Å²) in [5.41, 5.74) is 0. The van der Waals surface area contributed by atoms with Crippen LogP contribution in [-0.4, -0.2) is 24.5 Å². The van der Waals surface area contributed by atoms with Crippen LogP contribution in [-0.2, 0) is 0 Å². The van der Waals surface area contributed by atoms with Crippen LogP contribution in [0.15, 0.2) is 0 Å². The minimum absolute atomic E-state index is 0.869. The van der Waals surface area contributed by atoms with Crippen molar-refractivity contribution < 1.29 is 0 Å². The van der Waals surface area contributed by atoms with Gasteiger partial charge < -0.3 is 4.90 Å². The molecule has 0 aromatic heterocycles. The molecule has 0 amide bonds. The highest BCUT2D eigenvalue weighted by Crippen LogP contribution is 2.26. The molecule has 0 aromatic carbocycles. The topological polar surface area (TPSA) is 3.24 Å². The van der Waals surface area contributed by atoms with E-state index in [4.69, 9.17) is 0 Å². The van der Waals surface area contributed by atoms with Crippen molar-refractivity contribution >= 4 is 0 Å². The highest BCUT2D eigenvalue weighted by molar-refractivity contribution is 4.78. The largest absolute Gasteiger partial charge is 0.303 e.